The first kappa shape index (κ1) is 13.5. The molecule has 0 radical (unpaired) electrons. The molecule has 0 aliphatic carbocycles. The minimum absolute atomic E-state index is 0.774. The summed E-state index contributed by atoms with van der Waals surface area (Å²) in [6, 6.07) is 6.46. The minimum atomic E-state index is 0.774. The number of fused-ring (bicyclic) bond motifs is 2. The third kappa shape index (κ3) is 2.52. The second-order valence-electron chi connectivity index (χ2n) is 5.90. The fourth-order valence-corrected chi connectivity index (χ4v) is 3.15. The minimum Gasteiger partial charge on any atom is -0.493 e. The van der Waals surface area contributed by atoms with Gasteiger partial charge in [0.25, 0.3) is 0 Å². The molecule has 0 bridgehead atoms. The molecule has 2 N–H and O–H groups in total. The van der Waals surface area contributed by atoms with Crippen LogP contribution in [-0.4, -0.2) is 16.6 Å². The maximum atomic E-state index is 5.67. The fourth-order valence-electron chi connectivity index (χ4n) is 3.15. The van der Waals surface area contributed by atoms with E-state index >= 15 is 0 Å². The van der Waals surface area contributed by atoms with Gasteiger partial charge >= 0.3 is 0 Å². The van der Waals surface area contributed by atoms with Gasteiger partial charge in [0.1, 0.15) is 17.4 Å². The van der Waals surface area contributed by atoms with E-state index in [9.17, 15) is 0 Å². The van der Waals surface area contributed by atoms with Crippen LogP contribution in [0.25, 0.3) is 0 Å². The molecule has 1 aromatic heterocycles. The summed E-state index contributed by atoms with van der Waals surface area (Å²) in [6.07, 6.45) is 2.21. The van der Waals surface area contributed by atoms with Gasteiger partial charge in [0, 0.05) is 25.2 Å². The summed E-state index contributed by atoms with van der Waals surface area (Å²) in [4.78, 5) is 9.06. The largest absolute Gasteiger partial charge is 0.493 e. The Morgan fingerprint density at radius 3 is 3.18 bits per heavy atom. The van der Waals surface area contributed by atoms with Crippen LogP contribution in [0.1, 0.15) is 34.6 Å². The summed E-state index contributed by atoms with van der Waals surface area (Å²) in [5.41, 5.74) is 4.90. The van der Waals surface area contributed by atoms with Crippen molar-refractivity contribution in [3.63, 3.8) is 0 Å². The summed E-state index contributed by atoms with van der Waals surface area (Å²) in [7, 11) is 0. The van der Waals surface area contributed by atoms with E-state index in [4.69, 9.17) is 4.74 Å². The number of aryl methyl sites for hydroxylation is 2. The van der Waals surface area contributed by atoms with Gasteiger partial charge in [-0.15, -0.1) is 0 Å². The normalized spacial score (nSPS) is 15.9. The van der Waals surface area contributed by atoms with Gasteiger partial charge in [-0.1, -0.05) is 12.1 Å². The number of hydrogen-bond acceptors (Lipinski definition) is 5. The second kappa shape index (κ2) is 5.57. The summed E-state index contributed by atoms with van der Waals surface area (Å²) in [5, 5.41) is 6.81. The first-order chi connectivity index (χ1) is 10.8. The van der Waals surface area contributed by atoms with E-state index in [1.807, 2.05) is 6.92 Å². The molecule has 0 fully saturated rings. The van der Waals surface area contributed by atoms with Gasteiger partial charge in [-0.2, -0.15) is 0 Å². The smallest absolute Gasteiger partial charge is 0.134 e. The number of aromatic nitrogens is 2. The van der Waals surface area contributed by atoms with E-state index in [2.05, 4.69) is 38.8 Å². The molecule has 0 amide bonds. The molecule has 0 saturated heterocycles. The second-order valence-corrected chi connectivity index (χ2v) is 5.90. The highest BCUT2D eigenvalue weighted by atomic mass is 16.5. The summed E-state index contributed by atoms with van der Waals surface area (Å²) in [6.45, 7) is 5.24. The Balaban J connectivity index is 1.54. The number of nitrogens with zero attached hydrogens (tertiary/aromatic N) is 2. The average molecular weight is 296 g/mol. The quantitative estimate of drug-likeness (QED) is 0.910. The highest BCUT2D eigenvalue weighted by Gasteiger charge is 2.18. The van der Waals surface area contributed by atoms with Gasteiger partial charge in [0.2, 0.25) is 0 Å². The maximum absolute atomic E-state index is 5.67. The van der Waals surface area contributed by atoms with Crippen LogP contribution in [0.15, 0.2) is 18.2 Å². The molecule has 22 heavy (non-hydrogen) atoms. The number of ether oxygens (including phenoxy) is 1. The van der Waals surface area contributed by atoms with Crippen LogP contribution in [0.2, 0.25) is 0 Å². The standard InChI is InChI=1S/C17H20N4O/c1-11-20-15-10-18-9-14(15)17(21-11)19-8-12-4-5-16-13(7-12)3-2-6-22-16/h4-5,7,18H,2-3,6,8-10H2,1H3,(H,19,20,21). The van der Waals surface area contributed by atoms with E-state index in [0.29, 0.717) is 0 Å². The van der Waals surface area contributed by atoms with Crippen LogP contribution in [0.4, 0.5) is 5.82 Å². The van der Waals surface area contributed by atoms with E-state index in [0.717, 1.165) is 62.2 Å². The summed E-state index contributed by atoms with van der Waals surface area (Å²) in [5.74, 6) is 2.82. The molecule has 2 aliphatic heterocycles. The monoisotopic (exact) mass is 296 g/mol. The van der Waals surface area contributed by atoms with Crippen LogP contribution in [0, 0.1) is 6.92 Å². The Hall–Kier alpha value is -2.14. The molecule has 5 nitrogen and oxygen atoms in total. The van der Waals surface area contributed by atoms with E-state index in [1.165, 1.54) is 16.7 Å². The molecule has 1 aromatic carbocycles. The third-order valence-corrected chi connectivity index (χ3v) is 4.23. The average Bonchev–Trinajstić information content (AvgIpc) is 3.00. The summed E-state index contributed by atoms with van der Waals surface area (Å²) >= 11 is 0. The molecule has 2 aliphatic rings. The van der Waals surface area contributed by atoms with Crippen LogP contribution >= 0.6 is 0 Å². The molecular formula is C17H20N4O. The van der Waals surface area contributed by atoms with Gasteiger partial charge in [0.05, 0.1) is 12.3 Å². The lowest BCUT2D eigenvalue weighted by molar-refractivity contribution is 0.288. The van der Waals surface area contributed by atoms with Crippen molar-refractivity contribution < 1.29 is 4.74 Å². The molecule has 0 unspecified atom stereocenters. The zero-order valence-corrected chi connectivity index (χ0v) is 12.8. The lowest BCUT2D eigenvalue weighted by Gasteiger charge is -2.18. The van der Waals surface area contributed by atoms with Gasteiger partial charge in [-0.3, -0.25) is 0 Å². The lowest BCUT2D eigenvalue weighted by atomic mass is 10.0. The number of rotatable bonds is 3. The third-order valence-electron chi connectivity index (χ3n) is 4.23. The van der Waals surface area contributed by atoms with E-state index in [-0.39, 0.29) is 0 Å². The zero-order chi connectivity index (χ0) is 14.9. The van der Waals surface area contributed by atoms with Crippen molar-refractivity contribution in [2.24, 2.45) is 0 Å². The Labute approximate surface area is 130 Å². The topological polar surface area (TPSA) is 59.1 Å². The lowest BCUT2D eigenvalue weighted by Crippen LogP contribution is -2.10. The first-order valence-corrected chi connectivity index (χ1v) is 7.85. The molecule has 4 rings (SSSR count). The zero-order valence-electron chi connectivity index (χ0n) is 12.8. The number of benzene rings is 1. The maximum Gasteiger partial charge on any atom is 0.134 e. The van der Waals surface area contributed by atoms with Crippen molar-refractivity contribution in [1.82, 2.24) is 15.3 Å². The Kier molecular flexibility index (Phi) is 3.42. The number of anilines is 1. The predicted molar refractivity (Wildman–Crippen MR) is 84.9 cm³/mol. The highest BCUT2D eigenvalue weighted by molar-refractivity contribution is 5.49. The molecule has 0 saturated carbocycles. The van der Waals surface area contributed by atoms with Gasteiger partial charge < -0.3 is 15.4 Å². The molecular weight excluding hydrogens is 276 g/mol. The molecule has 114 valence electrons. The molecule has 0 spiro atoms. The fraction of sp³-hybridized carbons (Fsp3) is 0.412. The van der Waals surface area contributed by atoms with Crippen molar-refractivity contribution in [2.75, 3.05) is 11.9 Å². The SMILES string of the molecule is Cc1nc2c(c(NCc3ccc4c(c3)CCCO4)n1)CNC2. The van der Waals surface area contributed by atoms with Crippen LogP contribution < -0.4 is 15.4 Å². The Bertz CT molecular complexity index is 714. The van der Waals surface area contributed by atoms with Crippen LogP contribution in [-0.2, 0) is 26.1 Å². The van der Waals surface area contributed by atoms with E-state index in [1.54, 1.807) is 0 Å². The van der Waals surface area contributed by atoms with Crippen molar-refractivity contribution in [3.05, 3.63) is 46.4 Å². The molecule has 0 atom stereocenters. The molecule has 2 aromatic rings. The van der Waals surface area contributed by atoms with Gasteiger partial charge in [-0.05, 0) is 37.0 Å². The van der Waals surface area contributed by atoms with Crippen molar-refractivity contribution in [1.29, 1.82) is 0 Å². The van der Waals surface area contributed by atoms with Crippen LogP contribution in [0.3, 0.4) is 0 Å². The van der Waals surface area contributed by atoms with Crippen molar-refractivity contribution in [3.8, 4) is 5.75 Å². The molecule has 5 heteroatoms. The molecule has 3 heterocycles. The van der Waals surface area contributed by atoms with Crippen LogP contribution in [0.5, 0.6) is 5.75 Å². The van der Waals surface area contributed by atoms with Gasteiger partial charge in [-0.25, -0.2) is 9.97 Å². The number of nitrogens with one attached hydrogen (secondary N) is 2. The Morgan fingerprint density at radius 1 is 1.27 bits per heavy atom. The van der Waals surface area contributed by atoms with Crippen molar-refractivity contribution >= 4 is 5.82 Å². The number of hydrogen-bond donors (Lipinski definition) is 2. The Morgan fingerprint density at radius 2 is 2.23 bits per heavy atom. The van der Waals surface area contributed by atoms with Crippen molar-refractivity contribution in [2.45, 2.75) is 39.4 Å². The van der Waals surface area contributed by atoms with Gasteiger partial charge in [0.15, 0.2) is 0 Å². The highest BCUT2D eigenvalue weighted by Crippen LogP contribution is 2.26. The summed E-state index contributed by atoms with van der Waals surface area (Å²) < 4.78 is 5.67. The predicted octanol–water partition coefficient (Wildman–Crippen LogP) is 2.33. The van der Waals surface area contributed by atoms with E-state index < -0.39 is 0 Å². The first-order valence-electron chi connectivity index (χ1n) is 7.85.